The fourth-order valence-corrected chi connectivity index (χ4v) is 3.30. The van der Waals surface area contributed by atoms with Crippen LogP contribution in [-0.4, -0.2) is 25.5 Å². The molecule has 0 saturated heterocycles. The molecular weight excluding hydrogens is 404 g/mol. The van der Waals surface area contributed by atoms with E-state index in [1.165, 1.54) is 7.11 Å². The summed E-state index contributed by atoms with van der Waals surface area (Å²) < 4.78 is 11.1. The van der Waals surface area contributed by atoms with Crippen LogP contribution in [0.2, 0.25) is 0 Å². The largest absolute Gasteiger partial charge is 0.493 e. The van der Waals surface area contributed by atoms with Crippen LogP contribution >= 0.6 is 0 Å². The maximum absolute atomic E-state index is 13.0. The first-order valence-corrected chi connectivity index (χ1v) is 10.6. The zero-order valence-corrected chi connectivity index (χ0v) is 18.3. The second-order valence-corrected chi connectivity index (χ2v) is 7.27. The zero-order chi connectivity index (χ0) is 22.8. The van der Waals surface area contributed by atoms with E-state index < -0.39 is 11.8 Å². The minimum absolute atomic E-state index is 0.331. The molecule has 0 bridgehead atoms. The molecule has 2 N–H and O–H groups in total. The van der Waals surface area contributed by atoms with Crippen molar-refractivity contribution in [3.05, 3.63) is 95.6 Å². The third-order valence-electron chi connectivity index (χ3n) is 5.01. The monoisotopic (exact) mass is 432 g/mol. The fourth-order valence-electron chi connectivity index (χ4n) is 3.30. The highest BCUT2D eigenvalue weighted by Crippen LogP contribution is 2.28. The van der Waals surface area contributed by atoms with Gasteiger partial charge in [-0.3, -0.25) is 20.4 Å². The lowest BCUT2D eigenvalue weighted by Crippen LogP contribution is -2.44. The number of amides is 2. The number of carbonyl (C=O) groups excluding carboxylic acids is 2. The van der Waals surface area contributed by atoms with Gasteiger partial charge in [0.15, 0.2) is 11.5 Å². The van der Waals surface area contributed by atoms with Gasteiger partial charge in [0.2, 0.25) is 5.91 Å². The van der Waals surface area contributed by atoms with Crippen molar-refractivity contribution in [1.29, 1.82) is 0 Å². The molecule has 6 nitrogen and oxygen atoms in total. The number of carbonyl (C=O) groups is 2. The normalized spacial score (nSPS) is 10.5. The second kappa shape index (κ2) is 11.6. The van der Waals surface area contributed by atoms with E-state index in [0.29, 0.717) is 23.7 Å². The van der Waals surface area contributed by atoms with Gasteiger partial charge in [0.25, 0.3) is 5.91 Å². The van der Waals surface area contributed by atoms with Crippen LogP contribution in [-0.2, 0) is 4.79 Å². The molecule has 32 heavy (non-hydrogen) atoms. The van der Waals surface area contributed by atoms with E-state index in [-0.39, 0.29) is 5.91 Å². The van der Waals surface area contributed by atoms with Crippen molar-refractivity contribution < 1.29 is 19.1 Å². The van der Waals surface area contributed by atoms with Crippen LogP contribution in [0.4, 0.5) is 0 Å². The highest BCUT2D eigenvalue weighted by Gasteiger charge is 2.23. The number of hydrogen-bond donors (Lipinski definition) is 2. The Kier molecular flexibility index (Phi) is 8.26. The SMILES string of the molecule is CCCCOc1ccc(C(=O)NNC(=O)C(c2ccccc2)c2ccccc2)cc1OC. The molecule has 0 unspecified atom stereocenters. The number of benzene rings is 3. The molecule has 166 valence electrons. The zero-order valence-electron chi connectivity index (χ0n) is 18.3. The molecule has 0 aliphatic carbocycles. The molecule has 0 aliphatic rings. The second-order valence-electron chi connectivity index (χ2n) is 7.27. The summed E-state index contributed by atoms with van der Waals surface area (Å²) in [5, 5.41) is 0. The molecule has 2 amide bonds. The number of methoxy groups -OCH3 is 1. The first-order chi connectivity index (χ1) is 15.6. The van der Waals surface area contributed by atoms with Crippen LogP contribution in [0, 0.1) is 0 Å². The average molecular weight is 433 g/mol. The number of hydrazine groups is 1. The number of hydrogen-bond acceptors (Lipinski definition) is 4. The van der Waals surface area contributed by atoms with Crippen molar-refractivity contribution in [3.63, 3.8) is 0 Å². The van der Waals surface area contributed by atoms with Crippen LogP contribution < -0.4 is 20.3 Å². The van der Waals surface area contributed by atoms with Crippen LogP contribution in [0.15, 0.2) is 78.9 Å². The maximum Gasteiger partial charge on any atom is 0.269 e. The van der Waals surface area contributed by atoms with Gasteiger partial charge < -0.3 is 9.47 Å². The van der Waals surface area contributed by atoms with Crippen molar-refractivity contribution in [2.45, 2.75) is 25.7 Å². The van der Waals surface area contributed by atoms with Crippen LogP contribution in [0.25, 0.3) is 0 Å². The molecule has 0 heterocycles. The van der Waals surface area contributed by atoms with Crippen LogP contribution in [0.1, 0.15) is 47.2 Å². The van der Waals surface area contributed by atoms with Crippen molar-refractivity contribution in [3.8, 4) is 11.5 Å². The smallest absolute Gasteiger partial charge is 0.269 e. The van der Waals surface area contributed by atoms with Gasteiger partial charge in [-0.25, -0.2) is 0 Å². The Balaban J connectivity index is 1.70. The Labute approximate surface area is 188 Å². The molecule has 0 aromatic heterocycles. The lowest BCUT2D eigenvalue weighted by atomic mass is 9.91. The molecule has 0 aliphatic heterocycles. The Morgan fingerprint density at radius 1 is 0.844 bits per heavy atom. The van der Waals surface area contributed by atoms with E-state index in [2.05, 4.69) is 17.8 Å². The summed E-state index contributed by atoms with van der Waals surface area (Å²) in [6.45, 7) is 2.66. The van der Waals surface area contributed by atoms with Crippen molar-refractivity contribution in [2.24, 2.45) is 0 Å². The third kappa shape index (κ3) is 5.88. The Hall–Kier alpha value is -3.80. The minimum Gasteiger partial charge on any atom is -0.493 e. The molecule has 0 saturated carbocycles. The van der Waals surface area contributed by atoms with Gasteiger partial charge in [-0.2, -0.15) is 0 Å². The van der Waals surface area contributed by atoms with E-state index in [1.807, 2.05) is 60.7 Å². The standard InChI is InChI=1S/C26H28N2O4/c1-3-4-17-32-22-16-15-21(18-23(22)31-2)25(29)27-28-26(30)24(19-11-7-5-8-12-19)20-13-9-6-10-14-20/h5-16,18,24H,3-4,17H2,1-2H3,(H,27,29)(H,28,30). The Morgan fingerprint density at radius 2 is 1.47 bits per heavy atom. The van der Waals surface area contributed by atoms with Crippen LogP contribution in [0.5, 0.6) is 11.5 Å². The third-order valence-corrected chi connectivity index (χ3v) is 5.01. The molecule has 3 aromatic carbocycles. The molecule has 0 radical (unpaired) electrons. The van der Waals surface area contributed by atoms with Gasteiger partial charge in [0.05, 0.1) is 19.6 Å². The van der Waals surface area contributed by atoms with Crippen molar-refractivity contribution in [1.82, 2.24) is 10.9 Å². The van der Waals surface area contributed by atoms with Crippen molar-refractivity contribution in [2.75, 3.05) is 13.7 Å². The fraction of sp³-hybridized carbons (Fsp3) is 0.231. The number of unbranched alkanes of at least 4 members (excludes halogenated alkanes) is 1. The summed E-state index contributed by atoms with van der Waals surface area (Å²) in [6.07, 6.45) is 1.96. The van der Waals surface area contributed by atoms with E-state index in [4.69, 9.17) is 9.47 Å². The summed E-state index contributed by atoms with van der Waals surface area (Å²) in [5.41, 5.74) is 7.08. The summed E-state index contributed by atoms with van der Waals surface area (Å²) in [7, 11) is 1.52. The van der Waals surface area contributed by atoms with Gasteiger partial charge in [0, 0.05) is 5.56 Å². The topological polar surface area (TPSA) is 76.7 Å². The van der Waals surface area contributed by atoms with Crippen molar-refractivity contribution >= 4 is 11.8 Å². The Bertz CT molecular complexity index is 983. The predicted molar refractivity (Wildman–Crippen MR) is 124 cm³/mol. The first-order valence-electron chi connectivity index (χ1n) is 10.6. The average Bonchev–Trinajstić information content (AvgIpc) is 2.84. The van der Waals surface area contributed by atoms with Gasteiger partial charge in [-0.15, -0.1) is 0 Å². The summed E-state index contributed by atoms with van der Waals surface area (Å²) in [6, 6.07) is 23.8. The van der Waals surface area contributed by atoms with Crippen LogP contribution in [0.3, 0.4) is 0 Å². The highest BCUT2D eigenvalue weighted by molar-refractivity contribution is 5.97. The number of nitrogens with one attached hydrogen (secondary N) is 2. The van der Waals surface area contributed by atoms with Gasteiger partial charge in [0.1, 0.15) is 0 Å². The molecule has 0 atom stereocenters. The molecule has 0 spiro atoms. The molecule has 3 rings (SSSR count). The quantitative estimate of drug-likeness (QED) is 0.386. The van der Waals surface area contributed by atoms with E-state index in [1.54, 1.807) is 18.2 Å². The lowest BCUT2D eigenvalue weighted by molar-refractivity contribution is -0.122. The molecular formula is C26H28N2O4. The highest BCUT2D eigenvalue weighted by atomic mass is 16.5. The predicted octanol–water partition coefficient (Wildman–Crippen LogP) is 4.47. The minimum atomic E-state index is -0.554. The van der Waals surface area contributed by atoms with E-state index in [0.717, 1.165) is 24.0 Å². The van der Waals surface area contributed by atoms with E-state index in [9.17, 15) is 9.59 Å². The summed E-state index contributed by atoms with van der Waals surface area (Å²) >= 11 is 0. The molecule has 6 heteroatoms. The number of rotatable bonds is 9. The van der Waals surface area contributed by atoms with Gasteiger partial charge in [-0.05, 0) is 35.7 Å². The Morgan fingerprint density at radius 3 is 2.03 bits per heavy atom. The summed E-state index contributed by atoms with van der Waals surface area (Å²) in [4.78, 5) is 25.7. The molecule has 0 fully saturated rings. The lowest BCUT2D eigenvalue weighted by Gasteiger charge is -2.18. The number of ether oxygens (including phenoxy) is 2. The van der Waals surface area contributed by atoms with E-state index >= 15 is 0 Å². The summed E-state index contributed by atoms with van der Waals surface area (Å²) in [5.74, 6) is -0.290. The van der Waals surface area contributed by atoms with Gasteiger partial charge in [-0.1, -0.05) is 74.0 Å². The first kappa shape index (κ1) is 22.9. The molecule has 3 aromatic rings. The van der Waals surface area contributed by atoms with Gasteiger partial charge >= 0.3 is 0 Å². The maximum atomic E-state index is 13.0.